The number of rotatable bonds is 5. The Morgan fingerprint density at radius 3 is 2.58 bits per heavy atom. The van der Waals surface area contributed by atoms with Crippen molar-refractivity contribution >= 4 is 17.2 Å². The molecule has 4 nitrogen and oxygen atoms in total. The molecule has 2 N–H and O–H groups in total. The molecule has 2 aromatic rings. The minimum absolute atomic E-state index is 0.0555. The van der Waals surface area contributed by atoms with Gasteiger partial charge in [0, 0.05) is 23.9 Å². The molecule has 0 radical (unpaired) electrons. The lowest BCUT2D eigenvalue weighted by molar-refractivity contribution is 0.0368. The van der Waals surface area contributed by atoms with Crippen LogP contribution in [0.4, 0.5) is 0 Å². The number of carbonyl (C=O) groups is 1. The molecule has 128 valence electrons. The Morgan fingerprint density at radius 2 is 1.88 bits per heavy atom. The molecule has 0 aliphatic heterocycles. The van der Waals surface area contributed by atoms with Crippen LogP contribution in [0.2, 0.25) is 0 Å². The van der Waals surface area contributed by atoms with Crippen molar-refractivity contribution < 1.29 is 15.0 Å². The van der Waals surface area contributed by atoms with E-state index in [1.807, 2.05) is 12.1 Å². The number of hydrogen-bond acceptors (Lipinski definition) is 4. The zero-order valence-corrected chi connectivity index (χ0v) is 14.9. The Balaban J connectivity index is 1.85. The third-order valence-corrected chi connectivity index (χ3v) is 5.87. The quantitative estimate of drug-likeness (QED) is 0.876. The molecule has 1 heterocycles. The minimum Gasteiger partial charge on any atom is -0.396 e. The normalized spacial score (nSPS) is 13.3. The molecular weight excluding hydrogens is 322 g/mol. The summed E-state index contributed by atoms with van der Waals surface area (Å²) >= 11 is 1.54. The van der Waals surface area contributed by atoms with Crippen LogP contribution in [0.15, 0.2) is 30.3 Å². The predicted octanol–water partition coefficient (Wildman–Crippen LogP) is 2.58. The highest BCUT2D eigenvalue weighted by Crippen LogP contribution is 2.39. The zero-order valence-electron chi connectivity index (χ0n) is 14.1. The number of carbonyl (C=O) groups excluding carboxylic acids is 1. The first-order valence-electron chi connectivity index (χ1n) is 8.15. The second kappa shape index (κ2) is 6.67. The van der Waals surface area contributed by atoms with Gasteiger partial charge in [0.05, 0.1) is 18.1 Å². The molecule has 0 unspecified atom stereocenters. The van der Waals surface area contributed by atoms with Crippen LogP contribution in [0, 0.1) is 5.41 Å². The summed E-state index contributed by atoms with van der Waals surface area (Å²) in [5, 5.41) is 18.9. The maximum atomic E-state index is 12.8. The van der Waals surface area contributed by atoms with Crippen molar-refractivity contribution in [1.82, 2.24) is 4.90 Å². The van der Waals surface area contributed by atoms with Crippen molar-refractivity contribution in [3.8, 4) is 10.4 Å². The van der Waals surface area contributed by atoms with Gasteiger partial charge in [0.2, 0.25) is 0 Å². The second-order valence-corrected chi connectivity index (χ2v) is 7.96. The van der Waals surface area contributed by atoms with E-state index in [1.165, 1.54) is 32.9 Å². The summed E-state index contributed by atoms with van der Waals surface area (Å²) in [6.45, 7) is 1.77. The number of amides is 1. The lowest BCUT2D eigenvalue weighted by Gasteiger charge is -2.30. The van der Waals surface area contributed by atoms with Crippen molar-refractivity contribution in [2.75, 3.05) is 26.8 Å². The van der Waals surface area contributed by atoms with Crippen molar-refractivity contribution in [3.63, 3.8) is 0 Å². The Morgan fingerprint density at radius 1 is 1.21 bits per heavy atom. The van der Waals surface area contributed by atoms with E-state index in [-0.39, 0.29) is 19.1 Å². The van der Waals surface area contributed by atoms with E-state index < -0.39 is 5.41 Å². The van der Waals surface area contributed by atoms with Gasteiger partial charge in [-0.25, -0.2) is 0 Å². The number of aryl methyl sites for hydroxylation is 2. The molecule has 1 aliphatic rings. The summed E-state index contributed by atoms with van der Waals surface area (Å²) < 4.78 is 0. The predicted molar refractivity (Wildman–Crippen MR) is 96.4 cm³/mol. The first-order chi connectivity index (χ1) is 11.5. The van der Waals surface area contributed by atoms with Crippen molar-refractivity contribution in [1.29, 1.82) is 0 Å². The SMILES string of the molecule is CN(CC(C)(CO)CO)C(=O)c1cc2c(s1)-c1ccccc1CC2. The molecule has 1 amide bonds. The zero-order chi connectivity index (χ0) is 17.3. The molecule has 0 saturated heterocycles. The number of aliphatic hydroxyl groups excluding tert-OH is 2. The van der Waals surface area contributed by atoms with Crippen LogP contribution in [-0.2, 0) is 12.8 Å². The molecule has 0 atom stereocenters. The maximum Gasteiger partial charge on any atom is 0.263 e. The highest BCUT2D eigenvalue weighted by Gasteiger charge is 2.28. The summed E-state index contributed by atoms with van der Waals surface area (Å²) in [6.07, 6.45) is 1.97. The van der Waals surface area contributed by atoms with Crippen LogP contribution in [0.1, 0.15) is 27.7 Å². The largest absolute Gasteiger partial charge is 0.396 e. The number of aliphatic hydroxyl groups is 2. The van der Waals surface area contributed by atoms with Gasteiger partial charge in [0.15, 0.2) is 0 Å². The summed E-state index contributed by atoms with van der Waals surface area (Å²) in [5.41, 5.74) is 3.13. The summed E-state index contributed by atoms with van der Waals surface area (Å²) in [4.78, 5) is 16.3. The van der Waals surface area contributed by atoms with Gasteiger partial charge in [-0.2, -0.15) is 0 Å². The molecule has 5 heteroatoms. The van der Waals surface area contributed by atoms with Crippen LogP contribution < -0.4 is 0 Å². The summed E-state index contributed by atoms with van der Waals surface area (Å²) in [5.74, 6) is -0.0555. The molecule has 0 spiro atoms. The highest BCUT2D eigenvalue weighted by atomic mass is 32.1. The van der Waals surface area contributed by atoms with E-state index in [0.29, 0.717) is 6.54 Å². The fourth-order valence-electron chi connectivity index (χ4n) is 3.16. The Hall–Kier alpha value is -1.69. The molecular formula is C19H23NO3S. The van der Waals surface area contributed by atoms with E-state index in [9.17, 15) is 15.0 Å². The monoisotopic (exact) mass is 345 g/mol. The fraction of sp³-hybridized carbons (Fsp3) is 0.421. The van der Waals surface area contributed by atoms with E-state index in [2.05, 4.69) is 18.2 Å². The Labute approximate surface area is 146 Å². The molecule has 0 saturated carbocycles. The number of nitrogens with zero attached hydrogens (tertiary/aromatic N) is 1. The molecule has 1 aromatic heterocycles. The van der Waals surface area contributed by atoms with E-state index >= 15 is 0 Å². The van der Waals surface area contributed by atoms with Crippen molar-refractivity contribution in [2.45, 2.75) is 19.8 Å². The number of benzene rings is 1. The van der Waals surface area contributed by atoms with E-state index in [0.717, 1.165) is 17.7 Å². The average molecular weight is 345 g/mol. The van der Waals surface area contributed by atoms with Gasteiger partial charge >= 0.3 is 0 Å². The van der Waals surface area contributed by atoms with Gasteiger partial charge in [-0.15, -0.1) is 11.3 Å². The van der Waals surface area contributed by atoms with Gasteiger partial charge in [-0.1, -0.05) is 31.2 Å². The lowest BCUT2D eigenvalue weighted by atomic mass is 9.91. The van der Waals surface area contributed by atoms with Crippen molar-refractivity contribution in [2.24, 2.45) is 5.41 Å². The Kier molecular flexibility index (Phi) is 4.76. The topological polar surface area (TPSA) is 60.8 Å². The molecule has 3 rings (SSSR count). The van der Waals surface area contributed by atoms with Gasteiger partial charge in [0.25, 0.3) is 5.91 Å². The summed E-state index contributed by atoms with van der Waals surface area (Å²) in [6, 6.07) is 10.4. The molecule has 0 bridgehead atoms. The van der Waals surface area contributed by atoms with E-state index in [1.54, 1.807) is 18.9 Å². The molecule has 1 aliphatic carbocycles. The third-order valence-electron chi connectivity index (χ3n) is 4.67. The van der Waals surface area contributed by atoms with Crippen LogP contribution in [-0.4, -0.2) is 47.8 Å². The summed E-state index contributed by atoms with van der Waals surface area (Å²) in [7, 11) is 1.72. The van der Waals surface area contributed by atoms with Gasteiger partial charge < -0.3 is 15.1 Å². The third kappa shape index (κ3) is 3.11. The van der Waals surface area contributed by atoms with Crippen LogP contribution in [0.5, 0.6) is 0 Å². The first-order valence-corrected chi connectivity index (χ1v) is 8.97. The fourth-order valence-corrected chi connectivity index (χ4v) is 4.42. The van der Waals surface area contributed by atoms with E-state index in [4.69, 9.17) is 0 Å². The standard InChI is InChI=1S/C19H23NO3S/c1-19(11-21,12-22)10-20(2)18(23)16-9-14-8-7-13-5-3-4-6-15(13)17(14)24-16/h3-6,9,21-22H,7-8,10-12H2,1-2H3. The molecule has 24 heavy (non-hydrogen) atoms. The van der Waals surface area contributed by atoms with Gasteiger partial charge in [-0.05, 0) is 35.6 Å². The van der Waals surface area contributed by atoms with Crippen LogP contribution in [0.25, 0.3) is 10.4 Å². The minimum atomic E-state index is -0.687. The highest BCUT2D eigenvalue weighted by molar-refractivity contribution is 7.17. The Bertz CT molecular complexity index is 749. The maximum absolute atomic E-state index is 12.8. The van der Waals surface area contributed by atoms with Crippen LogP contribution in [0.3, 0.4) is 0 Å². The first kappa shape index (κ1) is 17.1. The average Bonchev–Trinajstić information content (AvgIpc) is 3.05. The van der Waals surface area contributed by atoms with Gasteiger partial charge in [0.1, 0.15) is 0 Å². The number of hydrogen-bond donors (Lipinski definition) is 2. The number of fused-ring (bicyclic) bond motifs is 3. The molecule has 1 aromatic carbocycles. The smallest absolute Gasteiger partial charge is 0.263 e. The van der Waals surface area contributed by atoms with Gasteiger partial charge in [-0.3, -0.25) is 4.79 Å². The van der Waals surface area contributed by atoms with Crippen LogP contribution >= 0.6 is 11.3 Å². The molecule has 0 fully saturated rings. The second-order valence-electron chi connectivity index (χ2n) is 6.91. The van der Waals surface area contributed by atoms with Crippen molar-refractivity contribution in [3.05, 3.63) is 46.3 Å². The lowest BCUT2D eigenvalue weighted by Crippen LogP contribution is -2.41. The number of thiophene rings is 1.